The Hall–Kier alpha value is -3.04. The number of alkyl carbamates (subject to hydrolysis) is 1. The molecular formula is C22H25N3O3. The van der Waals surface area contributed by atoms with Gasteiger partial charge in [-0.15, -0.1) is 0 Å². The average Bonchev–Trinajstić information content (AvgIpc) is 3.18. The predicted octanol–water partition coefficient (Wildman–Crippen LogP) is 3.77. The maximum Gasteiger partial charge on any atom is 0.408 e. The summed E-state index contributed by atoms with van der Waals surface area (Å²) in [5.41, 5.74) is 2.82. The molecule has 0 bridgehead atoms. The molecule has 1 saturated heterocycles. The number of hydrogen-bond donors (Lipinski definition) is 1. The van der Waals surface area contributed by atoms with E-state index < -0.39 is 0 Å². The molecule has 1 heterocycles. The lowest BCUT2D eigenvalue weighted by molar-refractivity contribution is 0.143. The van der Waals surface area contributed by atoms with Gasteiger partial charge in [0.2, 0.25) is 0 Å². The molecule has 2 aromatic rings. The van der Waals surface area contributed by atoms with Crippen LogP contribution in [0.25, 0.3) is 11.1 Å². The van der Waals surface area contributed by atoms with Gasteiger partial charge >= 0.3 is 6.09 Å². The molecule has 1 atom stereocenters. The molecule has 1 amide bonds. The van der Waals surface area contributed by atoms with Crippen LogP contribution in [0.2, 0.25) is 0 Å². The number of likely N-dealkylation sites (tertiary alicyclic amines) is 1. The molecular weight excluding hydrogens is 354 g/mol. The Morgan fingerprint density at radius 1 is 1.18 bits per heavy atom. The fourth-order valence-electron chi connectivity index (χ4n) is 3.39. The number of hydrogen-bond acceptors (Lipinski definition) is 5. The number of benzene rings is 2. The maximum absolute atomic E-state index is 11.4. The van der Waals surface area contributed by atoms with Crippen LogP contribution in [0.3, 0.4) is 0 Å². The molecule has 6 heteroatoms. The molecule has 1 N–H and O–H groups in total. The first-order valence-electron chi connectivity index (χ1n) is 9.51. The summed E-state index contributed by atoms with van der Waals surface area (Å²) >= 11 is 0. The Balaban J connectivity index is 1.44. The Morgan fingerprint density at radius 3 is 2.50 bits per heavy atom. The molecule has 6 nitrogen and oxygen atoms in total. The Labute approximate surface area is 165 Å². The van der Waals surface area contributed by atoms with Crippen LogP contribution in [0.5, 0.6) is 5.75 Å². The molecule has 0 aliphatic carbocycles. The van der Waals surface area contributed by atoms with E-state index in [2.05, 4.69) is 21.0 Å². The number of carbonyl (C=O) groups is 1. The largest absolute Gasteiger partial charge is 0.494 e. The Bertz CT molecular complexity index is 812. The summed E-state index contributed by atoms with van der Waals surface area (Å²) < 4.78 is 10.5. The topological polar surface area (TPSA) is 74.6 Å². The Kier molecular flexibility index (Phi) is 6.88. The number of nitrogens with zero attached hydrogens (tertiary/aromatic N) is 2. The van der Waals surface area contributed by atoms with Gasteiger partial charge in [0.05, 0.1) is 31.5 Å². The maximum atomic E-state index is 11.4. The molecule has 0 spiro atoms. The van der Waals surface area contributed by atoms with Crippen molar-refractivity contribution in [3.8, 4) is 22.9 Å². The summed E-state index contributed by atoms with van der Waals surface area (Å²) in [6.07, 6.45) is 2.59. The summed E-state index contributed by atoms with van der Waals surface area (Å²) in [4.78, 5) is 13.6. The second-order valence-corrected chi connectivity index (χ2v) is 6.75. The van der Waals surface area contributed by atoms with Crippen molar-refractivity contribution in [2.75, 3.05) is 26.8 Å². The molecule has 0 radical (unpaired) electrons. The van der Waals surface area contributed by atoms with E-state index >= 15 is 0 Å². The van der Waals surface area contributed by atoms with Crippen LogP contribution in [0.1, 0.15) is 24.8 Å². The van der Waals surface area contributed by atoms with Crippen molar-refractivity contribution in [1.29, 1.82) is 5.26 Å². The normalized spacial score (nSPS) is 16.4. The fraction of sp³-hybridized carbons (Fsp3) is 0.364. The monoisotopic (exact) mass is 379 g/mol. The smallest absolute Gasteiger partial charge is 0.408 e. The van der Waals surface area contributed by atoms with E-state index in [1.165, 1.54) is 7.11 Å². The zero-order valence-corrected chi connectivity index (χ0v) is 16.1. The highest BCUT2D eigenvalue weighted by molar-refractivity contribution is 5.67. The SMILES string of the molecule is COC(=O)NC1CCCN1CCCOc1ccc(-c2ccc(C#N)cc2)cc1. The summed E-state index contributed by atoms with van der Waals surface area (Å²) in [7, 11) is 1.38. The van der Waals surface area contributed by atoms with E-state index in [4.69, 9.17) is 10.00 Å². The lowest BCUT2D eigenvalue weighted by atomic mass is 10.0. The first kappa shape index (κ1) is 19.7. The van der Waals surface area contributed by atoms with E-state index in [-0.39, 0.29) is 12.3 Å². The van der Waals surface area contributed by atoms with E-state index in [0.717, 1.165) is 49.2 Å². The van der Waals surface area contributed by atoms with Gasteiger partial charge in [-0.3, -0.25) is 4.90 Å². The lowest BCUT2D eigenvalue weighted by Gasteiger charge is -2.24. The molecule has 0 saturated carbocycles. The van der Waals surface area contributed by atoms with Gasteiger partial charge in [0.25, 0.3) is 0 Å². The molecule has 2 aromatic carbocycles. The lowest BCUT2D eigenvalue weighted by Crippen LogP contribution is -2.44. The zero-order valence-electron chi connectivity index (χ0n) is 16.1. The highest BCUT2D eigenvalue weighted by Gasteiger charge is 2.25. The third-order valence-electron chi connectivity index (χ3n) is 4.89. The van der Waals surface area contributed by atoms with Gasteiger partial charge in [-0.1, -0.05) is 24.3 Å². The highest BCUT2D eigenvalue weighted by Crippen LogP contribution is 2.23. The van der Waals surface area contributed by atoms with Crippen LogP contribution >= 0.6 is 0 Å². The third kappa shape index (κ3) is 5.24. The van der Waals surface area contributed by atoms with Crippen LogP contribution in [-0.4, -0.2) is 44.0 Å². The summed E-state index contributed by atoms with van der Waals surface area (Å²) in [5, 5.41) is 11.8. The van der Waals surface area contributed by atoms with E-state index in [1.54, 1.807) is 0 Å². The number of nitrogens with one attached hydrogen (secondary N) is 1. The minimum absolute atomic E-state index is 0.0548. The first-order valence-corrected chi connectivity index (χ1v) is 9.51. The summed E-state index contributed by atoms with van der Waals surface area (Å²) in [5.74, 6) is 0.836. The van der Waals surface area contributed by atoms with Crippen molar-refractivity contribution >= 4 is 6.09 Å². The average molecular weight is 379 g/mol. The van der Waals surface area contributed by atoms with Crippen LogP contribution in [0.15, 0.2) is 48.5 Å². The van der Waals surface area contributed by atoms with Crippen molar-refractivity contribution < 1.29 is 14.3 Å². The first-order chi connectivity index (χ1) is 13.7. The molecule has 3 rings (SSSR count). The standard InChI is InChI=1S/C22H25N3O3/c1-27-22(26)24-21-4-2-13-25(21)14-3-15-28-20-11-9-19(10-12-20)18-7-5-17(16-23)6-8-18/h5-12,21H,2-4,13-15H2,1H3,(H,24,26). The van der Waals surface area contributed by atoms with Crippen molar-refractivity contribution in [1.82, 2.24) is 10.2 Å². The van der Waals surface area contributed by atoms with Crippen LogP contribution in [0.4, 0.5) is 4.79 Å². The number of nitriles is 1. The van der Waals surface area contributed by atoms with Gasteiger partial charge in [0.15, 0.2) is 0 Å². The number of rotatable bonds is 7. The molecule has 1 unspecified atom stereocenters. The molecule has 1 aliphatic heterocycles. The third-order valence-corrected chi connectivity index (χ3v) is 4.89. The Morgan fingerprint density at radius 2 is 1.86 bits per heavy atom. The predicted molar refractivity (Wildman–Crippen MR) is 107 cm³/mol. The van der Waals surface area contributed by atoms with Crippen molar-refractivity contribution in [3.63, 3.8) is 0 Å². The van der Waals surface area contributed by atoms with Crippen LogP contribution in [-0.2, 0) is 4.74 Å². The van der Waals surface area contributed by atoms with Gasteiger partial charge in [-0.05, 0) is 54.7 Å². The molecule has 28 heavy (non-hydrogen) atoms. The van der Waals surface area contributed by atoms with Gasteiger partial charge in [0, 0.05) is 13.1 Å². The number of ether oxygens (including phenoxy) is 2. The van der Waals surface area contributed by atoms with Gasteiger partial charge in [-0.2, -0.15) is 5.26 Å². The molecule has 1 aliphatic rings. The van der Waals surface area contributed by atoms with Crippen LogP contribution < -0.4 is 10.1 Å². The number of methoxy groups -OCH3 is 1. The quantitative estimate of drug-likeness (QED) is 0.741. The van der Waals surface area contributed by atoms with Crippen LogP contribution in [0, 0.1) is 11.3 Å². The number of amides is 1. The fourth-order valence-corrected chi connectivity index (χ4v) is 3.39. The zero-order chi connectivity index (χ0) is 19.8. The van der Waals surface area contributed by atoms with Gasteiger partial charge in [0.1, 0.15) is 5.75 Å². The number of carbonyl (C=O) groups excluding carboxylic acids is 1. The minimum atomic E-state index is -0.379. The van der Waals surface area contributed by atoms with E-state index in [1.807, 2.05) is 48.5 Å². The highest BCUT2D eigenvalue weighted by atomic mass is 16.5. The van der Waals surface area contributed by atoms with Gasteiger partial charge < -0.3 is 14.8 Å². The van der Waals surface area contributed by atoms with Crippen molar-refractivity contribution in [3.05, 3.63) is 54.1 Å². The summed E-state index contributed by atoms with van der Waals surface area (Å²) in [6.45, 7) is 2.48. The summed E-state index contributed by atoms with van der Waals surface area (Å²) in [6, 6.07) is 17.6. The van der Waals surface area contributed by atoms with Crippen molar-refractivity contribution in [2.24, 2.45) is 0 Å². The molecule has 146 valence electrons. The van der Waals surface area contributed by atoms with E-state index in [0.29, 0.717) is 12.2 Å². The second-order valence-electron chi connectivity index (χ2n) is 6.75. The van der Waals surface area contributed by atoms with E-state index in [9.17, 15) is 4.79 Å². The second kappa shape index (κ2) is 9.77. The molecule has 0 aromatic heterocycles. The molecule has 1 fully saturated rings. The van der Waals surface area contributed by atoms with Crippen molar-refractivity contribution in [2.45, 2.75) is 25.4 Å². The van der Waals surface area contributed by atoms with Gasteiger partial charge in [-0.25, -0.2) is 4.79 Å². The minimum Gasteiger partial charge on any atom is -0.494 e.